The van der Waals surface area contributed by atoms with Crippen molar-refractivity contribution in [1.29, 1.82) is 0 Å². The summed E-state index contributed by atoms with van der Waals surface area (Å²) in [5, 5.41) is 7.49. The lowest BCUT2D eigenvalue weighted by molar-refractivity contribution is -0.113. The molecule has 0 bridgehead atoms. The minimum atomic E-state index is -0.150. The highest BCUT2D eigenvalue weighted by Gasteiger charge is 2.13. The molecule has 2 amide bonds. The van der Waals surface area contributed by atoms with Gasteiger partial charge in [-0.25, -0.2) is 0 Å². The number of carbonyl (C=O) groups excluding carboxylic acids is 2. The number of carbonyl (C=O) groups is 2. The molecule has 2 N–H and O–H groups in total. The van der Waals surface area contributed by atoms with Crippen LogP contribution < -0.4 is 20.1 Å². The third-order valence-electron chi connectivity index (χ3n) is 5.54. The fourth-order valence-corrected chi connectivity index (χ4v) is 4.75. The number of nitrogens with one attached hydrogen (secondary N) is 2. The smallest absolute Gasteiger partial charge is 0.251 e. The minimum Gasteiger partial charge on any atom is -0.497 e. The molecular weight excluding hydrogens is 498 g/mol. The van der Waals surface area contributed by atoms with Crippen molar-refractivity contribution in [2.75, 3.05) is 31.8 Å². The molecule has 0 unspecified atom stereocenters. The van der Waals surface area contributed by atoms with Gasteiger partial charge in [-0.2, -0.15) is 0 Å². The van der Waals surface area contributed by atoms with Gasteiger partial charge in [0, 0.05) is 51.7 Å². The number of amides is 2. The van der Waals surface area contributed by atoms with Crippen LogP contribution in [0.25, 0.3) is 10.9 Å². The van der Waals surface area contributed by atoms with Crippen LogP contribution in [-0.2, 0) is 11.3 Å². The van der Waals surface area contributed by atoms with Gasteiger partial charge in [-0.05, 0) is 42.5 Å². The first kappa shape index (κ1) is 25.5. The summed E-state index contributed by atoms with van der Waals surface area (Å²) < 4.78 is 12.7. The molecule has 186 valence electrons. The second-order valence-electron chi connectivity index (χ2n) is 7.87. The molecule has 9 heteroatoms. The molecule has 4 aromatic rings. The summed E-state index contributed by atoms with van der Waals surface area (Å²) in [6, 6.07) is 20.0. The van der Waals surface area contributed by atoms with Gasteiger partial charge in [0.25, 0.3) is 5.91 Å². The second kappa shape index (κ2) is 11.9. The SMILES string of the molecule is COc1ccc(NC(=O)CSc2cn(CCNC(=O)c3ccc(Cl)cc3)c3ccccc23)c(OC)c1. The summed E-state index contributed by atoms with van der Waals surface area (Å²) in [7, 11) is 3.12. The molecule has 3 aromatic carbocycles. The molecule has 0 fully saturated rings. The van der Waals surface area contributed by atoms with E-state index in [-0.39, 0.29) is 17.6 Å². The number of halogens is 1. The summed E-state index contributed by atoms with van der Waals surface area (Å²) in [6.07, 6.45) is 2.02. The lowest BCUT2D eigenvalue weighted by Crippen LogP contribution is -2.27. The highest BCUT2D eigenvalue weighted by Crippen LogP contribution is 2.32. The number of hydrogen-bond acceptors (Lipinski definition) is 5. The number of thioether (sulfide) groups is 1. The molecule has 36 heavy (non-hydrogen) atoms. The Bertz CT molecular complexity index is 1370. The van der Waals surface area contributed by atoms with E-state index in [9.17, 15) is 9.59 Å². The van der Waals surface area contributed by atoms with E-state index in [2.05, 4.69) is 15.2 Å². The molecule has 0 atom stereocenters. The predicted molar refractivity (Wildman–Crippen MR) is 145 cm³/mol. The third kappa shape index (κ3) is 6.13. The van der Waals surface area contributed by atoms with E-state index in [1.54, 1.807) is 56.7 Å². The van der Waals surface area contributed by atoms with Crippen molar-refractivity contribution in [3.63, 3.8) is 0 Å². The minimum absolute atomic E-state index is 0.143. The summed E-state index contributed by atoms with van der Waals surface area (Å²) in [5.41, 5.74) is 2.19. The molecule has 0 aliphatic rings. The van der Waals surface area contributed by atoms with E-state index in [1.165, 1.54) is 11.8 Å². The standard InChI is InChI=1S/C27H26ClN3O4S/c1-34-20-11-12-22(24(15-20)35-2)30-26(32)17-36-25-16-31(23-6-4-3-5-21(23)25)14-13-29-27(33)18-7-9-19(28)10-8-18/h3-12,15-16H,13-14,17H2,1-2H3,(H,29,33)(H,30,32). The molecule has 0 aliphatic carbocycles. The van der Waals surface area contributed by atoms with Gasteiger partial charge < -0.3 is 24.7 Å². The molecule has 0 saturated heterocycles. The number of hydrogen-bond donors (Lipinski definition) is 2. The van der Waals surface area contributed by atoms with Gasteiger partial charge in [-0.3, -0.25) is 9.59 Å². The molecule has 0 spiro atoms. The van der Waals surface area contributed by atoms with E-state index in [0.717, 1.165) is 15.8 Å². The van der Waals surface area contributed by atoms with E-state index in [4.69, 9.17) is 21.1 Å². The quantitative estimate of drug-likeness (QED) is 0.269. The summed E-state index contributed by atoms with van der Waals surface area (Å²) >= 11 is 7.36. The lowest BCUT2D eigenvalue weighted by Gasteiger charge is -2.11. The van der Waals surface area contributed by atoms with Gasteiger partial charge in [0.1, 0.15) is 11.5 Å². The van der Waals surface area contributed by atoms with Gasteiger partial charge in [0.15, 0.2) is 0 Å². The third-order valence-corrected chi connectivity index (χ3v) is 6.83. The lowest BCUT2D eigenvalue weighted by atomic mass is 10.2. The number of anilines is 1. The molecule has 4 rings (SSSR count). The number of aromatic nitrogens is 1. The molecule has 0 radical (unpaired) electrons. The van der Waals surface area contributed by atoms with E-state index < -0.39 is 0 Å². The highest BCUT2D eigenvalue weighted by molar-refractivity contribution is 8.00. The highest BCUT2D eigenvalue weighted by atomic mass is 35.5. The second-order valence-corrected chi connectivity index (χ2v) is 9.32. The number of nitrogens with zero attached hydrogens (tertiary/aromatic N) is 1. The molecule has 1 heterocycles. The maximum absolute atomic E-state index is 12.7. The zero-order valence-electron chi connectivity index (χ0n) is 19.9. The number of para-hydroxylation sites is 1. The van der Waals surface area contributed by atoms with Crippen molar-refractivity contribution in [3.8, 4) is 11.5 Å². The van der Waals surface area contributed by atoms with Crippen LogP contribution in [0.5, 0.6) is 11.5 Å². The van der Waals surface area contributed by atoms with Crippen molar-refractivity contribution < 1.29 is 19.1 Å². The summed E-state index contributed by atoms with van der Waals surface area (Å²) in [4.78, 5) is 26.1. The van der Waals surface area contributed by atoms with Crippen LogP contribution in [0.3, 0.4) is 0 Å². The van der Waals surface area contributed by atoms with Crippen LogP contribution in [0.4, 0.5) is 5.69 Å². The van der Waals surface area contributed by atoms with Crippen LogP contribution in [0, 0.1) is 0 Å². The Labute approximate surface area is 218 Å². The Hall–Kier alpha value is -3.62. The molecular formula is C27H26ClN3O4S. The van der Waals surface area contributed by atoms with Gasteiger partial charge in [0.05, 0.1) is 25.7 Å². The predicted octanol–water partition coefficient (Wildman–Crippen LogP) is 5.47. The van der Waals surface area contributed by atoms with Gasteiger partial charge in [-0.1, -0.05) is 29.8 Å². The van der Waals surface area contributed by atoms with Crippen LogP contribution >= 0.6 is 23.4 Å². The van der Waals surface area contributed by atoms with E-state index >= 15 is 0 Å². The first-order chi connectivity index (χ1) is 17.5. The van der Waals surface area contributed by atoms with Gasteiger partial charge in [0.2, 0.25) is 5.91 Å². The zero-order valence-corrected chi connectivity index (χ0v) is 21.5. The fraction of sp³-hybridized carbons (Fsp3) is 0.185. The largest absolute Gasteiger partial charge is 0.497 e. The maximum atomic E-state index is 12.7. The average Bonchev–Trinajstić information content (AvgIpc) is 3.25. The molecule has 0 aliphatic heterocycles. The monoisotopic (exact) mass is 523 g/mol. The number of methoxy groups -OCH3 is 2. The first-order valence-corrected chi connectivity index (χ1v) is 12.6. The van der Waals surface area contributed by atoms with Crippen molar-refractivity contribution >= 4 is 51.8 Å². The first-order valence-electron chi connectivity index (χ1n) is 11.2. The fourth-order valence-electron chi connectivity index (χ4n) is 3.74. The van der Waals surface area contributed by atoms with Gasteiger partial charge >= 0.3 is 0 Å². The Kier molecular flexibility index (Phi) is 8.40. The summed E-state index contributed by atoms with van der Waals surface area (Å²) in [5.74, 6) is 1.12. The Morgan fingerprint density at radius 2 is 1.78 bits per heavy atom. The van der Waals surface area contributed by atoms with Crippen molar-refractivity contribution in [3.05, 3.63) is 83.5 Å². The molecule has 7 nitrogen and oxygen atoms in total. The van der Waals surface area contributed by atoms with E-state index in [0.29, 0.717) is 40.9 Å². The zero-order chi connectivity index (χ0) is 25.5. The molecule has 0 saturated carbocycles. The number of ether oxygens (including phenoxy) is 2. The van der Waals surface area contributed by atoms with Crippen LogP contribution in [-0.4, -0.2) is 42.9 Å². The van der Waals surface area contributed by atoms with Crippen LogP contribution in [0.1, 0.15) is 10.4 Å². The number of rotatable bonds is 10. The average molecular weight is 524 g/mol. The van der Waals surface area contributed by atoms with Gasteiger partial charge in [-0.15, -0.1) is 11.8 Å². The van der Waals surface area contributed by atoms with Crippen molar-refractivity contribution in [2.24, 2.45) is 0 Å². The Morgan fingerprint density at radius 3 is 2.53 bits per heavy atom. The molecule has 1 aromatic heterocycles. The Balaban J connectivity index is 1.38. The topological polar surface area (TPSA) is 81.6 Å². The summed E-state index contributed by atoms with van der Waals surface area (Å²) in [6.45, 7) is 1.05. The van der Waals surface area contributed by atoms with Crippen molar-refractivity contribution in [1.82, 2.24) is 9.88 Å². The van der Waals surface area contributed by atoms with Crippen molar-refractivity contribution in [2.45, 2.75) is 11.4 Å². The van der Waals surface area contributed by atoms with Crippen LogP contribution in [0.15, 0.2) is 77.8 Å². The number of fused-ring (bicyclic) bond motifs is 1. The van der Waals surface area contributed by atoms with E-state index in [1.807, 2.05) is 30.5 Å². The maximum Gasteiger partial charge on any atom is 0.251 e. The van der Waals surface area contributed by atoms with Crippen LogP contribution in [0.2, 0.25) is 5.02 Å². The normalized spacial score (nSPS) is 10.8. The Morgan fingerprint density at radius 1 is 1.00 bits per heavy atom. The number of benzene rings is 3.